The van der Waals surface area contributed by atoms with Crippen molar-refractivity contribution in [1.29, 1.82) is 0 Å². The quantitative estimate of drug-likeness (QED) is 0.757. The maximum Gasteiger partial charge on any atom is 0.122 e. The predicted octanol–water partition coefficient (Wildman–Crippen LogP) is 3.06. The van der Waals surface area contributed by atoms with Crippen molar-refractivity contribution in [3.8, 4) is 5.75 Å². The number of likely N-dealkylation sites (N-methyl/N-ethyl adjacent to an activating group) is 1. The van der Waals surface area contributed by atoms with Crippen LogP contribution in [0.25, 0.3) is 0 Å². The first-order valence-corrected chi connectivity index (χ1v) is 5.88. The van der Waals surface area contributed by atoms with Crippen LogP contribution in [0.3, 0.4) is 0 Å². The zero-order valence-corrected chi connectivity index (χ0v) is 11.1. The molecule has 0 saturated heterocycles. The molecule has 1 aromatic rings. The molecule has 0 fully saturated rings. The van der Waals surface area contributed by atoms with Crippen molar-refractivity contribution in [3.05, 3.63) is 29.3 Å². The molecule has 0 aliphatic rings. The van der Waals surface area contributed by atoms with Crippen LogP contribution in [0.4, 0.5) is 0 Å². The summed E-state index contributed by atoms with van der Waals surface area (Å²) in [6, 6.07) is 6.48. The van der Waals surface area contributed by atoms with Crippen LogP contribution in [0.2, 0.25) is 0 Å². The lowest BCUT2D eigenvalue weighted by atomic mass is 10.0. The van der Waals surface area contributed by atoms with Gasteiger partial charge in [0, 0.05) is 6.54 Å². The summed E-state index contributed by atoms with van der Waals surface area (Å²) < 4.78 is 5.80. The van der Waals surface area contributed by atoms with E-state index in [1.807, 2.05) is 0 Å². The van der Waals surface area contributed by atoms with E-state index in [4.69, 9.17) is 4.74 Å². The number of ether oxygens (including phenoxy) is 1. The lowest BCUT2D eigenvalue weighted by molar-refractivity contribution is 0.260. The molecule has 0 saturated carbocycles. The van der Waals surface area contributed by atoms with Crippen LogP contribution in [-0.2, 0) is 0 Å². The van der Waals surface area contributed by atoms with Gasteiger partial charge in [-0.15, -0.1) is 0 Å². The molecule has 0 atom stereocenters. The van der Waals surface area contributed by atoms with Crippen molar-refractivity contribution < 1.29 is 4.74 Å². The third kappa shape index (κ3) is 3.86. The molecular formula is C14H23NO. The predicted molar refractivity (Wildman–Crippen MR) is 69.3 cm³/mol. The first kappa shape index (κ1) is 13.0. The molecule has 0 aromatic heterocycles. The lowest BCUT2D eigenvalue weighted by Crippen LogP contribution is -2.19. The molecule has 0 aliphatic heterocycles. The number of benzene rings is 1. The van der Waals surface area contributed by atoms with Gasteiger partial charge in [-0.2, -0.15) is 0 Å². The highest BCUT2D eigenvalue weighted by molar-refractivity contribution is 5.37. The Bertz CT molecular complexity index is 332. The first-order chi connectivity index (χ1) is 7.50. The van der Waals surface area contributed by atoms with Gasteiger partial charge in [0.1, 0.15) is 12.4 Å². The topological polar surface area (TPSA) is 12.5 Å². The van der Waals surface area contributed by atoms with Gasteiger partial charge in [-0.1, -0.05) is 26.0 Å². The SMILES string of the molecule is Cc1ccc(C(C)C)cc1OCCN(C)C. The van der Waals surface area contributed by atoms with Crippen LogP contribution < -0.4 is 4.74 Å². The fraction of sp³-hybridized carbons (Fsp3) is 0.571. The largest absolute Gasteiger partial charge is 0.492 e. The Kier molecular flexibility index (Phi) is 4.81. The van der Waals surface area contributed by atoms with Crippen LogP contribution in [0, 0.1) is 6.92 Å². The smallest absolute Gasteiger partial charge is 0.122 e. The van der Waals surface area contributed by atoms with Crippen molar-refractivity contribution in [2.45, 2.75) is 26.7 Å². The van der Waals surface area contributed by atoms with Crippen molar-refractivity contribution in [2.75, 3.05) is 27.2 Å². The van der Waals surface area contributed by atoms with E-state index in [0.29, 0.717) is 5.92 Å². The van der Waals surface area contributed by atoms with E-state index >= 15 is 0 Å². The number of hydrogen-bond donors (Lipinski definition) is 0. The Morgan fingerprint density at radius 3 is 2.50 bits per heavy atom. The van der Waals surface area contributed by atoms with Gasteiger partial charge in [-0.05, 0) is 44.1 Å². The minimum atomic E-state index is 0.553. The van der Waals surface area contributed by atoms with E-state index in [0.717, 1.165) is 18.9 Å². The molecular weight excluding hydrogens is 198 g/mol. The fourth-order valence-electron chi connectivity index (χ4n) is 1.47. The van der Waals surface area contributed by atoms with Gasteiger partial charge in [0.2, 0.25) is 0 Å². The van der Waals surface area contributed by atoms with E-state index < -0.39 is 0 Å². The molecule has 2 heteroatoms. The zero-order chi connectivity index (χ0) is 12.1. The molecule has 0 radical (unpaired) electrons. The average molecular weight is 221 g/mol. The van der Waals surface area contributed by atoms with Crippen molar-refractivity contribution in [3.63, 3.8) is 0 Å². The highest BCUT2D eigenvalue weighted by Gasteiger charge is 2.04. The summed E-state index contributed by atoms with van der Waals surface area (Å²) in [5.41, 5.74) is 2.55. The summed E-state index contributed by atoms with van der Waals surface area (Å²) in [5.74, 6) is 1.57. The number of nitrogens with zero attached hydrogens (tertiary/aromatic N) is 1. The molecule has 16 heavy (non-hydrogen) atoms. The molecule has 1 rings (SSSR count). The molecule has 0 aliphatic carbocycles. The third-order valence-electron chi connectivity index (χ3n) is 2.67. The highest BCUT2D eigenvalue weighted by atomic mass is 16.5. The van der Waals surface area contributed by atoms with Crippen molar-refractivity contribution >= 4 is 0 Å². The van der Waals surface area contributed by atoms with Crippen molar-refractivity contribution in [2.24, 2.45) is 0 Å². The number of hydrogen-bond acceptors (Lipinski definition) is 2. The Balaban J connectivity index is 2.67. The van der Waals surface area contributed by atoms with E-state index in [9.17, 15) is 0 Å². The van der Waals surface area contributed by atoms with E-state index in [-0.39, 0.29) is 0 Å². The summed E-state index contributed by atoms with van der Waals surface area (Å²) in [4.78, 5) is 2.13. The van der Waals surface area contributed by atoms with Gasteiger partial charge in [0.05, 0.1) is 0 Å². The summed E-state index contributed by atoms with van der Waals surface area (Å²) in [7, 11) is 4.11. The molecule has 1 aromatic carbocycles. The molecule has 0 N–H and O–H groups in total. The summed E-state index contributed by atoms with van der Waals surface area (Å²) in [5, 5.41) is 0. The Morgan fingerprint density at radius 1 is 1.25 bits per heavy atom. The molecule has 0 spiro atoms. The molecule has 2 nitrogen and oxygen atoms in total. The van der Waals surface area contributed by atoms with E-state index in [1.54, 1.807) is 0 Å². The van der Waals surface area contributed by atoms with Gasteiger partial charge in [-0.25, -0.2) is 0 Å². The third-order valence-corrected chi connectivity index (χ3v) is 2.67. The lowest BCUT2D eigenvalue weighted by Gasteiger charge is -2.14. The van der Waals surface area contributed by atoms with Gasteiger partial charge in [0.15, 0.2) is 0 Å². The molecule has 90 valence electrons. The number of aryl methyl sites for hydroxylation is 1. The van der Waals surface area contributed by atoms with Crippen LogP contribution >= 0.6 is 0 Å². The second-order valence-electron chi connectivity index (χ2n) is 4.83. The Labute approximate surface area is 99.2 Å². The first-order valence-electron chi connectivity index (χ1n) is 5.88. The highest BCUT2D eigenvalue weighted by Crippen LogP contribution is 2.24. The molecule has 0 amide bonds. The van der Waals surface area contributed by atoms with E-state index in [1.165, 1.54) is 11.1 Å². The van der Waals surface area contributed by atoms with Crippen molar-refractivity contribution in [1.82, 2.24) is 4.90 Å². The van der Waals surface area contributed by atoms with Gasteiger partial charge >= 0.3 is 0 Å². The Hall–Kier alpha value is -1.02. The summed E-state index contributed by atoms with van der Waals surface area (Å²) >= 11 is 0. The van der Waals surface area contributed by atoms with E-state index in [2.05, 4.69) is 58.0 Å². The minimum absolute atomic E-state index is 0.553. The molecule has 0 unspecified atom stereocenters. The second-order valence-corrected chi connectivity index (χ2v) is 4.83. The standard InChI is InChI=1S/C14H23NO/c1-11(2)13-7-6-12(3)14(10-13)16-9-8-15(4)5/h6-7,10-11H,8-9H2,1-5H3. The summed E-state index contributed by atoms with van der Waals surface area (Å²) in [6.07, 6.45) is 0. The second kappa shape index (κ2) is 5.90. The molecule has 0 heterocycles. The van der Waals surface area contributed by atoms with Crippen LogP contribution in [0.15, 0.2) is 18.2 Å². The summed E-state index contributed by atoms with van der Waals surface area (Å²) in [6.45, 7) is 8.19. The Morgan fingerprint density at radius 2 is 1.94 bits per heavy atom. The fourth-order valence-corrected chi connectivity index (χ4v) is 1.47. The maximum absolute atomic E-state index is 5.80. The minimum Gasteiger partial charge on any atom is -0.492 e. The monoisotopic (exact) mass is 221 g/mol. The molecule has 0 bridgehead atoms. The normalized spacial score (nSPS) is 11.2. The maximum atomic E-state index is 5.80. The number of rotatable bonds is 5. The zero-order valence-electron chi connectivity index (χ0n) is 11.1. The van der Waals surface area contributed by atoms with Crippen LogP contribution in [0.5, 0.6) is 5.75 Å². The van der Waals surface area contributed by atoms with Crippen LogP contribution in [0.1, 0.15) is 30.9 Å². The van der Waals surface area contributed by atoms with Gasteiger partial charge < -0.3 is 9.64 Å². The average Bonchev–Trinajstić information content (AvgIpc) is 2.20. The van der Waals surface area contributed by atoms with Gasteiger partial charge in [-0.3, -0.25) is 0 Å². The van der Waals surface area contributed by atoms with Gasteiger partial charge in [0.25, 0.3) is 0 Å². The van der Waals surface area contributed by atoms with Crippen LogP contribution in [-0.4, -0.2) is 32.1 Å².